The highest BCUT2D eigenvalue weighted by Gasteiger charge is 2.23. The summed E-state index contributed by atoms with van der Waals surface area (Å²) in [5.74, 6) is -0.181. The molecule has 146 valence electrons. The van der Waals surface area contributed by atoms with Crippen LogP contribution in [0.25, 0.3) is 0 Å². The van der Waals surface area contributed by atoms with Gasteiger partial charge in [-0.1, -0.05) is 19.8 Å². The van der Waals surface area contributed by atoms with E-state index in [1.54, 1.807) is 28.6 Å². The third-order valence-corrected chi connectivity index (χ3v) is 5.28. The van der Waals surface area contributed by atoms with Gasteiger partial charge in [-0.3, -0.25) is 14.9 Å². The highest BCUT2D eigenvalue weighted by Crippen LogP contribution is 2.34. The van der Waals surface area contributed by atoms with E-state index in [9.17, 15) is 14.9 Å². The molecule has 2 rings (SSSR count). The first-order valence-electron chi connectivity index (χ1n) is 8.96. The lowest BCUT2D eigenvalue weighted by Gasteiger charge is -2.27. The first-order valence-corrected chi connectivity index (χ1v) is 9.78. The van der Waals surface area contributed by atoms with Crippen molar-refractivity contribution in [3.8, 4) is 0 Å². The van der Waals surface area contributed by atoms with Gasteiger partial charge in [0.2, 0.25) is 0 Å². The van der Waals surface area contributed by atoms with Crippen molar-refractivity contribution in [1.82, 2.24) is 19.7 Å². The lowest BCUT2D eigenvalue weighted by molar-refractivity contribution is -0.387. The third kappa shape index (κ3) is 5.29. The summed E-state index contributed by atoms with van der Waals surface area (Å²) in [4.78, 5) is 26.2. The molecule has 9 heteroatoms. The summed E-state index contributed by atoms with van der Waals surface area (Å²) in [6.45, 7) is 6.67. The Morgan fingerprint density at radius 3 is 2.67 bits per heavy atom. The molecule has 0 aliphatic rings. The summed E-state index contributed by atoms with van der Waals surface area (Å²) in [6, 6.07) is 4.63. The molecule has 0 saturated carbocycles. The molecule has 0 radical (unpaired) electrons. The van der Waals surface area contributed by atoms with Crippen molar-refractivity contribution in [1.29, 1.82) is 0 Å². The fourth-order valence-electron chi connectivity index (χ4n) is 2.63. The predicted molar refractivity (Wildman–Crippen MR) is 104 cm³/mol. The van der Waals surface area contributed by atoms with Gasteiger partial charge in [0.1, 0.15) is 6.33 Å². The fraction of sp³-hybridized carbons (Fsp3) is 0.500. The van der Waals surface area contributed by atoms with Crippen molar-refractivity contribution < 1.29 is 9.72 Å². The number of hydrogen-bond acceptors (Lipinski definition) is 6. The lowest BCUT2D eigenvalue weighted by Crippen LogP contribution is -2.37. The van der Waals surface area contributed by atoms with Crippen molar-refractivity contribution in [3.05, 3.63) is 40.2 Å². The number of carbonyl (C=O) groups excluding carboxylic acids is 1. The van der Waals surface area contributed by atoms with E-state index in [2.05, 4.69) is 17.1 Å². The number of carbonyl (C=O) groups is 1. The van der Waals surface area contributed by atoms with Gasteiger partial charge in [0.25, 0.3) is 11.6 Å². The minimum absolute atomic E-state index is 0.0288. The Labute approximate surface area is 163 Å². The topological polar surface area (TPSA) is 94.2 Å². The first-order chi connectivity index (χ1) is 12.8. The van der Waals surface area contributed by atoms with Gasteiger partial charge in [-0.2, -0.15) is 0 Å². The van der Waals surface area contributed by atoms with Gasteiger partial charge >= 0.3 is 0 Å². The van der Waals surface area contributed by atoms with Crippen LogP contribution in [0.1, 0.15) is 50.4 Å². The van der Waals surface area contributed by atoms with Crippen LogP contribution in [0.3, 0.4) is 0 Å². The number of nitrogens with zero attached hydrogens (tertiary/aromatic N) is 5. The smallest absolute Gasteiger partial charge is 0.284 e. The van der Waals surface area contributed by atoms with Crippen LogP contribution in [-0.4, -0.2) is 43.1 Å². The van der Waals surface area contributed by atoms with Gasteiger partial charge in [0.15, 0.2) is 5.16 Å². The highest BCUT2D eigenvalue weighted by atomic mass is 32.2. The van der Waals surface area contributed by atoms with Crippen LogP contribution < -0.4 is 0 Å². The zero-order valence-electron chi connectivity index (χ0n) is 16.1. The number of hydrogen-bond donors (Lipinski definition) is 0. The number of benzene rings is 1. The van der Waals surface area contributed by atoms with Gasteiger partial charge in [0.05, 0.1) is 9.82 Å². The largest absolute Gasteiger partial charge is 0.336 e. The maximum absolute atomic E-state index is 12.9. The van der Waals surface area contributed by atoms with E-state index in [-0.39, 0.29) is 17.6 Å². The molecule has 27 heavy (non-hydrogen) atoms. The monoisotopic (exact) mass is 391 g/mol. The van der Waals surface area contributed by atoms with Crippen molar-refractivity contribution in [2.45, 2.75) is 56.1 Å². The van der Waals surface area contributed by atoms with Crippen LogP contribution in [0.5, 0.6) is 0 Å². The Kier molecular flexibility index (Phi) is 7.35. The molecule has 0 aliphatic heterocycles. The molecule has 0 unspecified atom stereocenters. The van der Waals surface area contributed by atoms with Crippen molar-refractivity contribution in [2.75, 3.05) is 6.54 Å². The molecule has 2 aromatic rings. The van der Waals surface area contributed by atoms with E-state index in [4.69, 9.17) is 0 Å². The number of nitro groups is 1. The van der Waals surface area contributed by atoms with Gasteiger partial charge < -0.3 is 9.47 Å². The molecule has 0 bridgehead atoms. The van der Waals surface area contributed by atoms with Crippen LogP contribution in [0.15, 0.2) is 34.6 Å². The number of aromatic nitrogens is 3. The van der Waals surface area contributed by atoms with Gasteiger partial charge in [0, 0.05) is 31.3 Å². The second-order valence-electron chi connectivity index (χ2n) is 6.57. The molecule has 0 atom stereocenters. The standard InChI is InChI=1S/C18H25N5O3S/c1-5-6-7-10-22(13(2)3)17(24)14-8-9-16(15(11-14)23(25)26)27-18-20-19-12-21(18)4/h8-9,11-13H,5-7,10H2,1-4H3. The lowest BCUT2D eigenvalue weighted by atomic mass is 10.1. The number of rotatable bonds is 9. The third-order valence-electron chi connectivity index (χ3n) is 4.16. The SMILES string of the molecule is CCCCCN(C(=O)c1ccc(Sc2nncn2C)c([N+](=O)[O-])c1)C(C)C. The number of nitro benzene ring substituents is 1. The minimum Gasteiger partial charge on any atom is -0.336 e. The first kappa shape index (κ1) is 20.9. The maximum Gasteiger partial charge on any atom is 0.284 e. The van der Waals surface area contributed by atoms with Gasteiger partial charge in [-0.15, -0.1) is 10.2 Å². The fourth-order valence-corrected chi connectivity index (χ4v) is 3.48. The van der Waals surface area contributed by atoms with E-state index in [0.29, 0.717) is 22.2 Å². The van der Waals surface area contributed by atoms with E-state index in [1.807, 2.05) is 13.8 Å². The van der Waals surface area contributed by atoms with Crippen molar-refractivity contribution in [3.63, 3.8) is 0 Å². The average Bonchev–Trinajstić information content (AvgIpc) is 3.03. The number of unbranched alkanes of at least 4 members (excludes halogenated alkanes) is 2. The van der Waals surface area contributed by atoms with Gasteiger partial charge in [-0.25, -0.2) is 0 Å². The van der Waals surface area contributed by atoms with Crippen LogP contribution in [0.4, 0.5) is 5.69 Å². The molecular weight excluding hydrogens is 366 g/mol. The highest BCUT2D eigenvalue weighted by molar-refractivity contribution is 7.99. The minimum atomic E-state index is -0.466. The summed E-state index contributed by atoms with van der Waals surface area (Å²) in [5.41, 5.74) is 0.223. The Hall–Kier alpha value is -2.42. The predicted octanol–water partition coefficient (Wildman–Crippen LogP) is 3.92. The summed E-state index contributed by atoms with van der Waals surface area (Å²) in [5, 5.41) is 19.8. The second kappa shape index (κ2) is 9.50. The average molecular weight is 391 g/mol. The summed E-state index contributed by atoms with van der Waals surface area (Å²) in [6.07, 6.45) is 4.56. The van der Waals surface area contributed by atoms with Crippen LogP contribution in [0, 0.1) is 10.1 Å². The summed E-state index contributed by atoms with van der Waals surface area (Å²) < 4.78 is 1.68. The Morgan fingerprint density at radius 1 is 1.37 bits per heavy atom. The van der Waals surface area contributed by atoms with Crippen molar-refractivity contribution in [2.24, 2.45) is 7.05 Å². The zero-order chi connectivity index (χ0) is 20.0. The summed E-state index contributed by atoms with van der Waals surface area (Å²) in [7, 11) is 1.77. The molecule has 0 fully saturated rings. The second-order valence-corrected chi connectivity index (χ2v) is 7.57. The van der Waals surface area contributed by atoms with E-state index >= 15 is 0 Å². The number of amides is 1. The van der Waals surface area contributed by atoms with E-state index in [0.717, 1.165) is 31.0 Å². The van der Waals surface area contributed by atoms with Crippen LogP contribution in [0.2, 0.25) is 0 Å². The van der Waals surface area contributed by atoms with E-state index in [1.165, 1.54) is 12.4 Å². The number of aryl methyl sites for hydroxylation is 1. The summed E-state index contributed by atoms with van der Waals surface area (Å²) >= 11 is 1.15. The normalized spacial score (nSPS) is 11.0. The maximum atomic E-state index is 12.9. The zero-order valence-corrected chi connectivity index (χ0v) is 16.9. The quantitative estimate of drug-likeness (QED) is 0.365. The van der Waals surface area contributed by atoms with Crippen LogP contribution in [-0.2, 0) is 7.05 Å². The molecule has 0 saturated heterocycles. The molecule has 1 aromatic carbocycles. The molecule has 0 aliphatic carbocycles. The molecular formula is C18H25N5O3S. The van der Waals surface area contributed by atoms with Crippen molar-refractivity contribution >= 4 is 23.4 Å². The Balaban J connectivity index is 2.29. The molecule has 8 nitrogen and oxygen atoms in total. The Bertz CT molecular complexity index is 806. The molecule has 1 heterocycles. The van der Waals surface area contributed by atoms with Crippen LogP contribution >= 0.6 is 11.8 Å². The Morgan fingerprint density at radius 2 is 2.11 bits per heavy atom. The molecule has 1 aromatic heterocycles. The molecule has 0 spiro atoms. The van der Waals surface area contributed by atoms with Gasteiger partial charge in [-0.05, 0) is 44.2 Å². The molecule has 0 N–H and O–H groups in total. The molecule has 1 amide bonds. The van der Waals surface area contributed by atoms with E-state index < -0.39 is 4.92 Å².